The van der Waals surface area contributed by atoms with Crippen LogP contribution in [0.3, 0.4) is 0 Å². The van der Waals surface area contributed by atoms with Crippen LogP contribution >= 0.6 is 11.3 Å². The fourth-order valence-corrected chi connectivity index (χ4v) is 2.88. The molecule has 0 bridgehead atoms. The highest BCUT2D eigenvalue weighted by atomic mass is 32.1. The van der Waals surface area contributed by atoms with Crippen LogP contribution in [0, 0.1) is 6.92 Å². The third-order valence-electron chi connectivity index (χ3n) is 3.43. The van der Waals surface area contributed by atoms with E-state index in [9.17, 15) is 4.79 Å². The second-order valence-corrected chi connectivity index (χ2v) is 6.29. The molecule has 1 aliphatic heterocycles. The van der Waals surface area contributed by atoms with Crippen LogP contribution in [0.25, 0.3) is 11.3 Å². The van der Waals surface area contributed by atoms with E-state index >= 15 is 0 Å². The molecule has 2 aromatic rings. The van der Waals surface area contributed by atoms with Crippen molar-refractivity contribution in [2.75, 3.05) is 31.7 Å². The van der Waals surface area contributed by atoms with Crippen molar-refractivity contribution in [3.8, 4) is 11.3 Å². The molecule has 122 valence electrons. The first-order chi connectivity index (χ1) is 11.2. The lowest BCUT2D eigenvalue weighted by molar-refractivity contribution is -0.0852. The zero-order chi connectivity index (χ0) is 16.1. The van der Waals surface area contributed by atoms with Gasteiger partial charge in [-0.05, 0) is 19.1 Å². The largest absolute Gasteiger partial charge is 0.376 e. The van der Waals surface area contributed by atoms with Gasteiger partial charge in [-0.15, -0.1) is 11.3 Å². The maximum Gasteiger partial charge on any atom is 0.319 e. The Morgan fingerprint density at radius 3 is 2.83 bits per heavy atom. The Kier molecular flexibility index (Phi) is 5.22. The molecule has 2 amide bonds. The number of urea groups is 1. The lowest BCUT2D eigenvalue weighted by Crippen LogP contribution is -2.41. The second kappa shape index (κ2) is 7.54. The highest BCUT2D eigenvalue weighted by Gasteiger charge is 2.15. The van der Waals surface area contributed by atoms with Crippen molar-refractivity contribution in [3.63, 3.8) is 0 Å². The summed E-state index contributed by atoms with van der Waals surface area (Å²) in [6, 6.07) is 7.37. The molecule has 1 aromatic carbocycles. The van der Waals surface area contributed by atoms with Crippen LogP contribution in [0.1, 0.15) is 5.01 Å². The molecular weight excluding hydrogens is 314 g/mol. The number of nitrogens with zero attached hydrogens (tertiary/aromatic N) is 1. The summed E-state index contributed by atoms with van der Waals surface area (Å²) < 4.78 is 10.8. The fraction of sp³-hybridized carbons (Fsp3) is 0.375. The Labute approximate surface area is 138 Å². The molecule has 3 rings (SSSR count). The van der Waals surface area contributed by atoms with E-state index < -0.39 is 0 Å². The summed E-state index contributed by atoms with van der Waals surface area (Å²) in [6.07, 6.45) is -0.0789. The number of rotatable bonds is 4. The number of hydrogen-bond donors (Lipinski definition) is 2. The van der Waals surface area contributed by atoms with Crippen LogP contribution in [0.4, 0.5) is 10.5 Å². The minimum absolute atomic E-state index is 0.0789. The number of nitrogens with one attached hydrogen (secondary N) is 2. The topological polar surface area (TPSA) is 72.5 Å². The van der Waals surface area contributed by atoms with E-state index in [0.29, 0.717) is 26.4 Å². The molecule has 1 unspecified atom stereocenters. The van der Waals surface area contributed by atoms with Gasteiger partial charge in [-0.3, -0.25) is 0 Å². The number of aryl methyl sites for hydroxylation is 1. The van der Waals surface area contributed by atoms with E-state index in [1.54, 1.807) is 11.3 Å². The second-order valence-electron chi connectivity index (χ2n) is 5.23. The highest BCUT2D eigenvalue weighted by Crippen LogP contribution is 2.23. The van der Waals surface area contributed by atoms with Crippen molar-refractivity contribution in [1.82, 2.24) is 10.3 Å². The van der Waals surface area contributed by atoms with Gasteiger partial charge < -0.3 is 20.1 Å². The zero-order valence-electron chi connectivity index (χ0n) is 12.9. The molecule has 7 heteroatoms. The van der Waals surface area contributed by atoms with E-state index in [2.05, 4.69) is 15.6 Å². The van der Waals surface area contributed by atoms with Crippen LogP contribution in [0.5, 0.6) is 0 Å². The first kappa shape index (κ1) is 15.9. The molecule has 1 aliphatic rings. The predicted octanol–water partition coefficient (Wildman–Crippen LogP) is 2.66. The molecule has 1 atom stereocenters. The third kappa shape index (κ3) is 4.51. The number of carbonyl (C=O) groups is 1. The zero-order valence-corrected chi connectivity index (χ0v) is 13.7. The van der Waals surface area contributed by atoms with Gasteiger partial charge in [0.25, 0.3) is 0 Å². The number of hydrogen-bond acceptors (Lipinski definition) is 5. The summed E-state index contributed by atoms with van der Waals surface area (Å²) in [4.78, 5) is 16.3. The lowest BCUT2D eigenvalue weighted by atomic mass is 10.1. The van der Waals surface area contributed by atoms with Crippen LogP contribution in [0.15, 0.2) is 29.6 Å². The van der Waals surface area contributed by atoms with Gasteiger partial charge in [0.15, 0.2) is 0 Å². The average Bonchev–Trinajstić information content (AvgIpc) is 3.01. The molecule has 1 saturated heterocycles. The molecule has 23 heavy (non-hydrogen) atoms. The molecule has 6 nitrogen and oxygen atoms in total. The number of aromatic nitrogens is 1. The quantitative estimate of drug-likeness (QED) is 0.902. The van der Waals surface area contributed by atoms with Crippen LogP contribution in [-0.4, -0.2) is 43.5 Å². The van der Waals surface area contributed by atoms with Gasteiger partial charge in [0.1, 0.15) is 0 Å². The lowest BCUT2D eigenvalue weighted by Gasteiger charge is -2.23. The van der Waals surface area contributed by atoms with Crippen molar-refractivity contribution in [2.45, 2.75) is 13.0 Å². The Bertz CT molecular complexity index is 651. The Morgan fingerprint density at radius 1 is 1.35 bits per heavy atom. The van der Waals surface area contributed by atoms with E-state index in [1.807, 2.05) is 36.6 Å². The maximum absolute atomic E-state index is 11.9. The summed E-state index contributed by atoms with van der Waals surface area (Å²) in [5, 5.41) is 8.65. The molecule has 0 saturated carbocycles. The van der Waals surface area contributed by atoms with Gasteiger partial charge in [-0.1, -0.05) is 12.1 Å². The van der Waals surface area contributed by atoms with Crippen molar-refractivity contribution in [3.05, 3.63) is 34.7 Å². The molecule has 0 aliphatic carbocycles. The normalized spacial score (nSPS) is 17.7. The maximum atomic E-state index is 11.9. The number of ether oxygens (including phenoxy) is 2. The number of benzene rings is 1. The molecule has 0 spiro atoms. The van der Waals surface area contributed by atoms with Crippen LogP contribution in [0.2, 0.25) is 0 Å². The molecule has 2 N–H and O–H groups in total. The van der Waals surface area contributed by atoms with Crippen molar-refractivity contribution >= 4 is 23.1 Å². The van der Waals surface area contributed by atoms with E-state index in [1.165, 1.54) is 0 Å². The summed E-state index contributed by atoms with van der Waals surface area (Å²) in [5.41, 5.74) is 2.73. The monoisotopic (exact) mass is 333 g/mol. The Balaban J connectivity index is 1.50. The van der Waals surface area contributed by atoms with Gasteiger partial charge in [-0.2, -0.15) is 0 Å². The predicted molar refractivity (Wildman–Crippen MR) is 89.9 cm³/mol. The fourth-order valence-electron chi connectivity index (χ4n) is 2.26. The minimum Gasteiger partial charge on any atom is -0.376 e. The third-order valence-corrected chi connectivity index (χ3v) is 4.21. The van der Waals surface area contributed by atoms with Crippen molar-refractivity contribution in [2.24, 2.45) is 0 Å². The van der Waals surface area contributed by atoms with E-state index in [-0.39, 0.29) is 12.1 Å². The number of carbonyl (C=O) groups excluding carboxylic acids is 1. The number of amides is 2. The SMILES string of the molecule is Cc1nc(-c2ccc(NC(=O)NCC3COCCO3)cc2)cs1. The summed E-state index contributed by atoms with van der Waals surface area (Å²) >= 11 is 1.62. The number of thiazole rings is 1. The summed E-state index contributed by atoms with van der Waals surface area (Å²) in [5.74, 6) is 0. The number of anilines is 1. The van der Waals surface area contributed by atoms with Gasteiger partial charge in [0.2, 0.25) is 0 Å². The minimum atomic E-state index is -0.253. The highest BCUT2D eigenvalue weighted by molar-refractivity contribution is 7.09. The van der Waals surface area contributed by atoms with Gasteiger partial charge >= 0.3 is 6.03 Å². The summed E-state index contributed by atoms with van der Waals surface area (Å²) in [6.45, 7) is 4.12. The standard InChI is InChI=1S/C16H19N3O3S/c1-11-18-15(10-23-11)12-2-4-13(5-3-12)19-16(20)17-8-14-9-21-6-7-22-14/h2-5,10,14H,6-9H2,1H3,(H2,17,19,20). The van der Waals surface area contributed by atoms with Crippen LogP contribution < -0.4 is 10.6 Å². The summed E-state index contributed by atoms with van der Waals surface area (Å²) in [7, 11) is 0. The van der Waals surface area contributed by atoms with Crippen LogP contribution in [-0.2, 0) is 9.47 Å². The first-order valence-electron chi connectivity index (χ1n) is 7.47. The molecular formula is C16H19N3O3S. The molecule has 1 fully saturated rings. The Morgan fingerprint density at radius 2 is 2.17 bits per heavy atom. The smallest absolute Gasteiger partial charge is 0.319 e. The Hall–Kier alpha value is -1.96. The van der Waals surface area contributed by atoms with Crippen molar-refractivity contribution in [1.29, 1.82) is 0 Å². The van der Waals surface area contributed by atoms with Gasteiger partial charge in [0, 0.05) is 23.2 Å². The first-order valence-corrected chi connectivity index (χ1v) is 8.35. The van der Waals surface area contributed by atoms with Gasteiger partial charge in [0.05, 0.1) is 36.6 Å². The van der Waals surface area contributed by atoms with Crippen molar-refractivity contribution < 1.29 is 14.3 Å². The van der Waals surface area contributed by atoms with E-state index in [0.717, 1.165) is 22.0 Å². The average molecular weight is 333 g/mol. The van der Waals surface area contributed by atoms with E-state index in [4.69, 9.17) is 9.47 Å². The molecule has 1 aromatic heterocycles. The van der Waals surface area contributed by atoms with Gasteiger partial charge in [-0.25, -0.2) is 9.78 Å². The molecule has 2 heterocycles. The molecule has 0 radical (unpaired) electrons.